The van der Waals surface area contributed by atoms with E-state index in [1.165, 1.54) is 6.07 Å². The predicted molar refractivity (Wildman–Crippen MR) is 69.0 cm³/mol. The van der Waals surface area contributed by atoms with Crippen LogP contribution in [0.2, 0.25) is 5.02 Å². The zero-order valence-electron chi connectivity index (χ0n) is 8.84. The third kappa shape index (κ3) is 2.89. The maximum atomic E-state index is 12.9. The van der Waals surface area contributed by atoms with Crippen molar-refractivity contribution in [3.8, 4) is 0 Å². The molecular formula is C11H12ClFN2S. The standard InChI is InChI=1S/C11H12ClFN2S/c1-7-5-14-11(16-6-7)15-8-2-3-10(13)9(12)4-8/h2-4,7H,5-6H2,1H3,(H,14,15). The van der Waals surface area contributed by atoms with Gasteiger partial charge in [-0.05, 0) is 24.1 Å². The molecule has 1 aliphatic heterocycles. The number of amidine groups is 1. The maximum absolute atomic E-state index is 12.9. The first kappa shape index (κ1) is 11.7. The summed E-state index contributed by atoms with van der Waals surface area (Å²) >= 11 is 7.37. The smallest absolute Gasteiger partial charge is 0.161 e. The van der Waals surface area contributed by atoms with Gasteiger partial charge < -0.3 is 5.32 Å². The van der Waals surface area contributed by atoms with E-state index < -0.39 is 5.82 Å². The van der Waals surface area contributed by atoms with Crippen molar-refractivity contribution in [2.45, 2.75) is 6.92 Å². The second-order valence-electron chi connectivity index (χ2n) is 3.82. The van der Waals surface area contributed by atoms with Crippen LogP contribution in [0, 0.1) is 11.7 Å². The van der Waals surface area contributed by atoms with Gasteiger partial charge in [-0.1, -0.05) is 30.3 Å². The number of nitrogens with one attached hydrogen (secondary N) is 1. The molecule has 86 valence electrons. The molecule has 0 amide bonds. The molecule has 0 saturated heterocycles. The van der Waals surface area contributed by atoms with Gasteiger partial charge in [0.2, 0.25) is 0 Å². The molecule has 5 heteroatoms. The summed E-state index contributed by atoms with van der Waals surface area (Å²) in [5.41, 5.74) is 0.771. The Kier molecular flexibility index (Phi) is 3.71. The van der Waals surface area contributed by atoms with Crippen molar-refractivity contribution in [1.82, 2.24) is 0 Å². The lowest BCUT2D eigenvalue weighted by Gasteiger charge is -2.17. The third-order valence-corrected chi connectivity index (χ3v) is 3.75. The minimum Gasteiger partial charge on any atom is -0.335 e. The van der Waals surface area contributed by atoms with Crippen LogP contribution in [-0.2, 0) is 0 Å². The SMILES string of the molecule is CC1CN=C(Nc2ccc(F)c(Cl)c2)SC1. The van der Waals surface area contributed by atoms with Crippen molar-refractivity contribution < 1.29 is 4.39 Å². The highest BCUT2D eigenvalue weighted by Crippen LogP contribution is 2.22. The molecule has 1 heterocycles. The van der Waals surface area contributed by atoms with E-state index in [2.05, 4.69) is 17.2 Å². The number of thioether (sulfide) groups is 1. The summed E-state index contributed by atoms with van der Waals surface area (Å²) in [5.74, 6) is 1.27. The summed E-state index contributed by atoms with van der Waals surface area (Å²) in [4.78, 5) is 4.39. The number of hydrogen-bond acceptors (Lipinski definition) is 3. The van der Waals surface area contributed by atoms with E-state index in [0.717, 1.165) is 23.2 Å². The fourth-order valence-electron chi connectivity index (χ4n) is 1.33. The van der Waals surface area contributed by atoms with Crippen LogP contribution in [0.4, 0.5) is 10.1 Å². The first-order chi connectivity index (χ1) is 7.65. The van der Waals surface area contributed by atoms with Crippen LogP contribution in [0.5, 0.6) is 0 Å². The summed E-state index contributed by atoms with van der Waals surface area (Å²) in [7, 11) is 0. The van der Waals surface area contributed by atoms with Crippen molar-refractivity contribution in [2.24, 2.45) is 10.9 Å². The monoisotopic (exact) mass is 258 g/mol. The second kappa shape index (κ2) is 5.06. The Bertz CT molecular complexity index is 422. The molecule has 16 heavy (non-hydrogen) atoms. The molecule has 0 aliphatic carbocycles. The van der Waals surface area contributed by atoms with Crippen LogP contribution in [0.25, 0.3) is 0 Å². The topological polar surface area (TPSA) is 24.4 Å². The molecule has 0 saturated carbocycles. The lowest BCUT2D eigenvalue weighted by molar-refractivity contribution is 0.628. The first-order valence-electron chi connectivity index (χ1n) is 5.04. The number of anilines is 1. The lowest BCUT2D eigenvalue weighted by atomic mass is 10.2. The van der Waals surface area contributed by atoms with Gasteiger partial charge in [-0.15, -0.1) is 0 Å². The zero-order chi connectivity index (χ0) is 11.5. The van der Waals surface area contributed by atoms with Crippen LogP contribution in [-0.4, -0.2) is 17.5 Å². The largest absolute Gasteiger partial charge is 0.335 e. The van der Waals surface area contributed by atoms with Gasteiger partial charge >= 0.3 is 0 Å². The molecule has 1 atom stereocenters. The summed E-state index contributed by atoms with van der Waals surface area (Å²) in [6, 6.07) is 4.57. The zero-order valence-corrected chi connectivity index (χ0v) is 10.4. The van der Waals surface area contributed by atoms with Crippen LogP contribution in [0.3, 0.4) is 0 Å². The molecule has 2 rings (SSSR count). The van der Waals surface area contributed by atoms with Crippen molar-refractivity contribution in [3.63, 3.8) is 0 Å². The second-order valence-corrected chi connectivity index (χ2v) is 5.23. The minimum atomic E-state index is -0.404. The van der Waals surface area contributed by atoms with E-state index in [4.69, 9.17) is 11.6 Å². The number of benzene rings is 1. The highest BCUT2D eigenvalue weighted by Gasteiger charge is 2.12. The van der Waals surface area contributed by atoms with Gasteiger partial charge in [-0.3, -0.25) is 4.99 Å². The summed E-state index contributed by atoms with van der Waals surface area (Å²) in [5, 5.41) is 4.13. The Labute approximate surface area is 103 Å². The normalized spacial score (nSPS) is 20.4. The fraction of sp³-hybridized carbons (Fsp3) is 0.364. The van der Waals surface area contributed by atoms with Gasteiger partial charge in [0.25, 0.3) is 0 Å². The van der Waals surface area contributed by atoms with Crippen molar-refractivity contribution in [3.05, 3.63) is 29.0 Å². The Balaban J connectivity index is 2.06. The molecule has 1 aromatic rings. The Morgan fingerprint density at radius 2 is 2.38 bits per heavy atom. The van der Waals surface area contributed by atoms with Gasteiger partial charge in [0.1, 0.15) is 5.82 Å². The summed E-state index contributed by atoms with van der Waals surface area (Å²) in [6.07, 6.45) is 0. The maximum Gasteiger partial charge on any atom is 0.161 e. The third-order valence-electron chi connectivity index (χ3n) is 2.22. The number of rotatable bonds is 1. The van der Waals surface area contributed by atoms with Crippen LogP contribution in [0.1, 0.15) is 6.92 Å². The summed E-state index contributed by atoms with van der Waals surface area (Å²) < 4.78 is 12.9. The highest BCUT2D eigenvalue weighted by molar-refractivity contribution is 8.14. The van der Waals surface area contributed by atoms with Gasteiger partial charge in [-0.2, -0.15) is 0 Å². The summed E-state index contributed by atoms with van der Waals surface area (Å²) in [6.45, 7) is 3.01. The number of hydrogen-bond donors (Lipinski definition) is 1. The Morgan fingerprint density at radius 1 is 1.56 bits per heavy atom. The molecule has 0 radical (unpaired) electrons. The van der Waals surface area contributed by atoms with E-state index in [9.17, 15) is 4.39 Å². The van der Waals surface area contributed by atoms with E-state index in [1.54, 1.807) is 23.9 Å². The number of aliphatic imine (C=N–C) groups is 1. The van der Waals surface area contributed by atoms with E-state index in [0.29, 0.717) is 5.92 Å². The van der Waals surface area contributed by atoms with Crippen molar-refractivity contribution in [2.75, 3.05) is 17.6 Å². The van der Waals surface area contributed by atoms with E-state index in [1.807, 2.05) is 0 Å². The van der Waals surface area contributed by atoms with Gasteiger partial charge in [-0.25, -0.2) is 4.39 Å². The molecule has 0 fully saturated rings. The number of nitrogens with zero attached hydrogens (tertiary/aromatic N) is 1. The van der Waals surface area contributed by atoms with E-state index in [-0.39, 0.29) is 5.02 Å². The van der Waals surface area contributed by atoms with Crippen molar-refractivity contribution >= 4 is 34.2 Å². The average Bonchev–Trinajstić information content (AvgIpc) is 2.27. The Morgan fingerprint density at radius 3 is 3.00 bits per heavy atom. The highest BCUT2D eigenvalue weighted by atomic mass is 35.5. The molecule has 1 unspecified atom stereocenters. The predicted octanol–water partition coefficient (Wildman–Crippen LogP) is 3.63. The van der Waals surface area contributed by atoms with Crippen molar-refractivity contribution in [1.29, 1.82) is 0 Å². The average molecular weight is 259 g/mol. The molecule has 0 aromatic heterocycles. The molecule has 1 N–H and O–H groups in total. The molecule has 2 nitrogen and oxygen atoms in total. The van der Waals surface area contributed by atoms with Gasteiger partial charge in [0, 0.05) is 18.0 Å². The van der Waals surface area contributed by atoms with Gasteiger partial charge in [0.15, 0.2) is 5.17 Å². The lowest BCUT2D eigenvalue weighted by Crippen LogP contribution is -2.18. The first-order valence-corrected chi connectivity index (χ1v) is 6.41. The minimum absolute atomic E-state index is 0.125. The Hall–Kier alpha value is -0.740. The van der Waals surface area contributed by atoms with Gasteiger partial charge in [0.05, 0.1) is 5.02 Å². The van der Waals surface area contributed by atoms with Crippen LogP contribution >= 0.6 is 23.4 Å². The molecule has 1 aromatic carbocycles. The molecular weight excluding hydrogens is 247 g/mol. The fourth-order valence-corrected chi connectivity index (χ4v) is 2.42. The molecule has 0 bridgehead atoms. The number of halogens is 2. The molecule has 1 aliphatic rings. The molecule has 0 spiro atoms. The van der Waals surface area contributed by atoms with Crippen LogP contribution < -0.4 is 5.32 Å². The van der Waals surface area contributed by atoms with E-state index >= 15 is 0 Å². The quantitative estimate of drug-likeness (QED) is 0.832. The van der Waals surface area contributed by atoms with Crippen LogP contribution in [0.15, 0.2) is 23.2 Å².